The van der Waals surface area contributed by atoms with Gasteiger partial charge in [0.15, 0.2) is 0 Å². The van der Waals surface area contributed by atoms with Crippen LogP contribution in [0.5, 0.6) is 5.75 Å². The van der Waals surface area contributed by atoms with Crippen LogP contribution >= 0.6 is 11.6 Å². The van der Waals surface area contributed by atoms with Gasteiger partial charge in [0.1, 0.15) is 12.4 Å². The summed E-state index contributed by atoms with van der Waals surface area (Å²) < 4.78 is 32.4. The molecule has 2 aromatic carbocycles. The Kier molecular flexibility index (Phi) is 5.45. The lowest BCUT2D eigenvalue weighted by Crippen LogP contribution is -2.28. The maximum Gasteiger partial charge on any atom is 0.240 e. The topological polar surface area (TPSA) is 55.4 Å². The van der Waals surface area contributed by atoms with Gasteiger partial charge in [-0.2, -0.15) is 0 Å². The Morgan fingerprint density at radius 1 is 1.09 bits per heavy atom. The molecule has 0 aliphatic heterocycles. The Labute approximate surface area is 136 Å². The number of rotatable bonds is 6. The Morgan fingerprint density at radius 2 is 1.82 bits per heavy atom. The number of hydrogen-bond acceptors (Lipinski definition) is 3. The molecule has 22 heavy (non-hydrogen) atoms. The van der Waals surface area contributed by atoms with Gasteiger partial charge in [-0.05, 0) is 49.2 Å². The smallest absolute Gasteiger partial charge is 0.240 e. The molecule has 1 N–H and O–H groups in total. The Balaban J connectivity index is 1.91. The number of sulfonamides is 1. The number of hydrogen-bond donors (Lipinski definition) is 1. The second-order valence-corrected chi connectivity index (χ2v) is 7.07. The standard InChI is InChI=1S/C16H18ClNO3S/c1-12-5-3-4-6-16(12)22(19,20)18-9-10-21-14-7-8-15(17)13(2)11-14/h3-8,11,18H,9-10H2,1-2H3. The van der Waals surface area contributed by atoms with E-state index in [9.17, 15) is 8.42 Å². The first-order valence-corrected chi connectivity index (χ1v) is 8.70. The van der Waals surface area contributed by atoms with Crippen molar-refractivity contribution < 1.29 is 13.2 Å². The zero-order chi connectivity index (χ0) is 16.2. The second kappa shape index (κ2) is 7.13. The highest BCUT2D eigenvalue weighted by molar-refractivity contribution is 7.89. The fraction of sp³-hybridized carbons (Fsp3) is 0.250. The summed E-state index contributed by atoms with van der Waals surface area (Å²) in [5, 5.41) is 0.674. The van der Waals surface area contributed by atoms with E-state index in [0.29, 0.717) is 16.3 Å². The van der Waals surface area contributed by atoms with Gasteiger partial charge in [0.05, 0.1) is 4.90 Å². The quantitative estimate of drug-likeness (QED) is 0.821. The molecule has 0 amide bonds. The van der Waals surface area contributed by atoms with Crippen molar-refractivity contribution in [2.45, 2.75) is 18.7 Å². The van der Waals surface area contributed by atoms with Crippen LogP contribution in [0, 0.1) is 13.8 Å². The zero-order valence-corrected chi connectivity index (χ0v) is 14.0. The molecule has 118 valence electrons. The van der Waals surface area contributed by atoms with E-state index in [1.807, 2.05) is 13.0 Å². The molecule has 0 unspecified atom stereocenters. The highest BCUT2D eigenvalue weighted by atomic mass is 35.5. The zero-order valence-electron chi connectivity index (χ0n) is 12.5. The molecule has 0 radical (unpaired) electrons. The normalized spacial score (nSPS) is 11.4. The summed E-state index contributed by atoms with van der Waals surface area (Å²) in [6.45, 7) is 4.09. The van der Waals surface area contributed by atoms with Crippen LogP contribution < -0.4 is 9.46 Å². The van der Waals surface area contributed by atoms with Gasteiger partial charge in [-0.25, -0.2) is 13.1 Å². The summed E-state index contributed by atoms with van der Waals surface area (Å²) in [5.74, 6) is 0.664. The molecule has 0 aliphatic carbocycles. The van der Waals surface area contributed by atoms with E-state index < -0.39 is 10.0 Å². The molecular weight excluding hydrogens is 322 g/mol. The van der Waals surface area contributed by atoms with Crippen LogP contribution in [0.15, 0.2) is 47.4 Å². The van der Waals surface area contributed by atoms with Crippen molar-refractivity contribution >= 4 is 21.6 Å². The highest BCUT2D eigenvalue weighted by Crippen LogP contribution is 2.21. The fourth-order valence-corrected chi connectivity index (χ4v) is 3.36. The molecule has 2 rings (SSSR count). The maximum absolute atomic E-state index is 12.2. The first-order chi connectivity index (χ1) is 10.4. The average Bonchev–Trinajstić information content (AvgIpc) is 2.47. The average molecular weight is 340 g/mol. The van der Waals surface area contributed by atoms with Crippen molar-refractivity contribution in [3.05, 3.63) is 58.6 Å². The van der Waals surface area contributed by atoms with Crippen LogP contribution in [0.3, 0.4) is 0 Å². The largest absolute Gasteiger partial charge is 0.492 e. The third-order valence-electron chi connectivity index (χ3n) is 3.18. The van der Waals surface area contributed by atoms with Crippen LogP contribution in [0.4, 0.5) is 0 Å². The summed E-state index contributed by atoms with van der Waals surface area (Å²) in [6.07, 6.45) is 0. The molecule has 2 aromatic rings. The van der Waals surface area contributed by atoms with Gasteiger partial charge in [0.25, 0.3) is 0 Å². The highest BCUT2D eigenvalue weighted by Gasteiger charge is 2.15. The third-order valence-corrected chi connectivity index (χ3v) is 5.22. The van der Waals surface area contributed by atoms with Crippen LogP contribution in [0.1, 0.15) is 11.1 Å². The van der Waals surface area contributed by atoms with E-state index in [-0.39, 0.29) is 18.0 Å². The lowest BCUT2D eigenvalue weighted by molar-refractivity contribution is 0.322. The predicted octanol–water partition coefficient (Wildman–Crippen LogP) is 3.31. The third kappa shape index (κ3) is 4.22. The minimum Gasteiger partial charge on any atom is -0.492 e. The molecule has 6 heteroatoms. The molecule has 0 saturated carbocycles. The van der Waals surface area contributed by atoms with E-state index in [1.54, 1.807) is 43.3 Å². The first-order valence-electron chi connectivity index (χ1n) is 6.84. The predicted molar refractivity (Wildman–Crippen MR) is 88.1 cm³/mol. The number of aryl methyl sites for hydroxylation is 2. The van der Waals surface area contributed by atoms with Gasteiger partial charge >= 0.3 is 0 Å². The van der Waals surface area contributed by atoms with Crippen LogP contribution in [0.25, 0.3) is 0 Å². The van der Waals surface area contributed by atoms with Gasteiger partial charge in [-0.1, -0.05) is 29.8 Å². The molecule has 0 spiro atoms. The molecule has 0 saturated heterocycles. The number of benzene rings is 2. The van der Waals surface area contributed by atoms with E-state index in [2.05, 4.69) is 4.72 Å². The Bertz CT molecular complexity index is 760. The molecule has 0 aliphatic rings. The van der Waals surface area contributed by atoms with Crippen molar-refractivity contribution in [1.29, 1.82) is 0 Å². The van der Waals surface area contributed by atoms with E-state index in [0.717, 1.165) is 5.56 Å². The van der Waals surface area contributed by atoms with E-state index >= 15 is 0 Å². The summed E-state index contributed by atoms with van der Waals surface area (Å²) in [5.41, 5.74) is 1.63. The molecule has 0 bridgehead atoms. The monoisotopic (exact) mass is 339 g/mol. The second-order valence-electron chi connectivity index (χ2n) is 4.92. The molecular formula is C16H18ClNO3S. The first kappa shape index (κ1) is 16.8. The lowest BCUT2D eigenvalue weighted by Gasteiger charge is -2.10. The minimum absolute atomic E-state index is 0.193. The summed E-state index contributed by atoms with van der Waals surface area (Å²) in [4.78, 5) is 0.289. The van der Waals surface area contributed by atoms with Gasteiger partial charge in [0.2, 0.25) is 10.0 Å². The van der Waals surface area contributed by atoms with Crippen molar-refractivity contribution in [2.24, 2.45) is 0 Å². The molecule has 0 atom stereocenters. The molecule has 0 heterocycles. The molecule has 4 nitrogen and oxygen atoms in total. The van der Waals surface area contributed by atoms with Crippen LogP contribution in [-0.4, -0.2) is 21.6 Å². The van der Waals surface area contributed by atoms with Gasteiger partial charge < -0.3 is 4.74 Å². The van der Waals surface area contributed by atoms with Crippen molar-refractivity contribution in [1.82, 2.24) is 4.72 Å². The number of halogens is 1. The van der Waals surface area contributed by atoms with Gasteiger partial charge in [-0.3, -0.25) is 0 Å². The van der Waals surface area contributed by atoms with E-state index in [1.165, 1.54) is 0 Å². The number of nitrogens with one attached hydrogen (secondary N) is 1. The van der Waals surface area contributed by atoms with Gasteiger partial charge in [0, 0.05) is 11.6 Å². The number of ether oxygens (including phenoxy) is 1. The van der Waals surface area contributed by atoms with E-state index in [4.69, 9.17) is 16.3 Å². The molecule has 0 fully saturated rings. The van der Waals surface area contributed by atoms with Crippen molar-refractivity contribution in [2.75, 3.05) is 13.2 Å². The lowest BCUT2D eigenvalue weighted by atomic mass is 10.2. The fourth-order valence-electron chi connectivity index (χ4n) is 1.99. The van der Waals surface area contributed by atoms with Crippen LogP contribution in [0.2, 0.25) is 5.02 Å². The Morgan fingerprint density at radius 3 is 2.50 bits per heavy atom. The maximum atomic E-state index is 12.2. The summed E-state index contributed by atoms with van der Waals surface area (Å²) in [6, 6.07) is 12.2. The van der Waals surface area contributed by atoms with Gasteiger partial charge in [-0.15, -0.1) is 0 Å². The van der Waals surface area contributed by atoms with Crippen molar-refractivity contribution in [3.63, 3.8) is 0 Å². The molecule has 0 aromatic heterocycles. The minimum atomic E-state index is -3.51. The Hall–Kier alpha value is -1.56. The summed E-state index contributed by atoms with van der Waals surface area (Å²) >= 11 is 5.94. The summed E-state index contributed by atoms with van der Waals surface area (Å²) in [7, 11) is -3.51. The van der Waals surface area contributed by atoms with Crippen LogP contribution in [-0.2, 0) is 10.0 Å². The van der Waals surface area contributed by atoms with Crippen molar-refractivity contribution in [3.8, 4) is 5.75 Å². The SMILES string of the molecule is Cc1cc(OCCNS(=O)(=O)c2ccccc2C)ccc1Cl.